The van der Waals surface area contributed by atoms with Gasteiger partial charge in [-0.1, -0.05) is 24.2 Å². The molecule has 1 N–H and O–H groups in total. The maximum absolute atomic E-state index is 11.5. The van der Waals surface area contributed by atoms with Gasteiger partial charge in [-0.2, -0.15) is 0 Å². The number of hydrogen-bond donors (Lipinski definition) is 1. The third-order valence-electron chi connectivity index (χ3n) is 4.14. The average Bonchev–Trinajstić information content (AvgIpc) is 3.03. The minimum Gasteiger partial charge on any atom is -0.481 e. The normalized spacial score (nSPS) is 23.1. The highest BCUT2D eigenvalue weighted by Crippen LogP contribution is 2.38. The number of nitrogens with zero attached hydrogens (tertiary/aromatic N) is 2. The van der Waals surface area contributed by atoms with Gasteiger partial charge in [0.25, 0.3) is 0 Å². The van der Waals surface area contributed by atoms with Crippen molar-refractivity contribution in [1.82, 2.24) is 5.16 Å². The van der Waals surface area contributed by atoms with Crippen LogP contribution in [0.25, 0.3) is 11.0 Å². The Hall–Kier alpha value is -2.04. The van der Waals surface area contributed by atoms with Crippen molar-refractivity contribution in [3.63, 3.8) is 0 Å². The van der Waals surface area contributed by atoms with Gasteiger partial charge in [-0.3, -0.25) is 4.79 Å². The van der Waals surface area contributed by atoms with E-state index >= 15 is 0 Å². The molecule has 1 aliphatic rings. The Balaban J connectivity index is 1.95. The maximum atomic E-state index is 11.5. The lowest BCUT2D eigenvalue weighted by Crippen LogP contribution is -2.34. The largest absolute Gasteiger partial charge is 0.481 e. The number of carboxylic acids is 1. The molecule has 0 saturated carbocycles. The maximum Gasteiger partial charge on any atom is 0.311 e. The van der Waals surface area contributed by atoms with E-state index in [2.05, 4.69) is 5.16 Å². The first-order valence-corrected chi connectivity index (χ1v) is 6.49. The van der Waals surface area contributed by atoms with Crippen molar-refractivity contribution in [2.75, 3.05) is 18.0 Å². The zero-order valence-electron chi connectivity index (χ0n) is 10.8. The molecule has 0 amide bonds. The van der Waals surface area contributed by atoms with E-state index in [0.717, 1.165) is 16.8 Å². The zero-order valence-corrected chi connectivity index (χ0v) is 10.8. The van der Waals surface area contributed by atoms with E-state index in [1.807, 2.05) is 36.1 Å². The number of hydrogen-bond acceptors (Lipinski definition) is 4. The SMILES string of the molecule is CCC1(C(=O)O)CCN(c2noc3ccccc23)C1. The van der Waals surface area contributed by atoms with Gasteiger partial charge in [0, 0.05) is 13.1 Å². The highest BCUT2D eigenvalue weighted by atomic mass is 16.5. The molecule has 100 valence electrons. The quantitative estimate of drug-likeness (QED) is 0.918. The van der Waals surface area contributed by atoms with Crippen LogP contribution < -0.4 is 4.90 Å². The van der Waals surface area contributed by atoms with Crippen molar-refractivity contribution < 1.29 is 14.4 Å². The minimum absolute atomic E-state index is 0.495. The highest BCUT2D eigenvalue weighted by molar-refractivity contribution is 5.89. The van der Waals surface area contributed by atoms with Gasteiger partial charge in [-0.25, -0.2) is 0 Å². The summed E-state index contributed by atoms with van der Waals surface area (Å²) in [4.78, 5) is 13.5. The van der Waals surface area contributed by atoms with E-state index in [9.17, 15) is 9.90 Å². The van der Waals surface area contributed by atoms with Crippen LogP contribution in [0.2, 0.25) is 0 Å². The molecule has 19 heavy (non-hydrogen) atoms. The molecule has 1 atom stereocenters. The second-order valence-electron chi connectivity index (χ2n) is 5.11. The molecule has 1 saturated heterocycles. The summed E-state index contributed by atoms with van der Waals surface area (Å²) in [6, 6.07) is 7.65. The van der Waals surface area contributed by atoms with Gasteiger partial charge < -0.3 is 14.5 Å². The Morgan fingerprint density at radius 3 is 3.00 bits per heavy atom. The summed E-state index contributed by atoms with van der Waals surface area (Å²) < 4.78 is 5.28. The molecule has 1 aromatic heterocycles. The average molecular weight is 260 g/mol. The third-order valence-corrected chi connectivity index (χ3v) is 4.14. The van der Waals surface area contributed by atoms with Crippen LogP contribution in [0.3, 0.4) is 0 Å². The molecule has 5 heteroatoms. The molecule has 0 spiro atoms. The molecule has 1 fully saturated rings. The summed E-state index contributed by atoms with van der Waals surface area (Å²) in [7, 11) is 0. The number of aromatic nitrogens is 1. The van der Waals surface area contributed by atoms with E-state index in [1.54, 1.807) is 0 Å². The minimum atomic E-state index is -0.717. The monoisotopic (exact) mass is 260 g/mol. The summed E-state index contributed by atoms with van der Waals surface area (Å²) in [6.07, 6.45) is 1.29. The van der Waals surface area contributed by atoms with Crippen molar-refractivity contribution in [3.05, 3.63) is 24.3 Å². The van der Waals surface area contributed by atoms with Crippen molar-refractivity contribution in [1.29, 1.82) is 0 Å². The third kappa shape index (κ3) is 1.77. The Bertz CT molecular complexity index is 622. The van der Waals surface area contributed by atoms with E-state index in [1.165, 1.54) is 0 Å². The molecule has 5 nitrogen and oxygen atoms in total. The number of para-hydroxylation sites is 1. The first-order chi connectivity index (χ1) is 9.16. The molecular weight excluding hydrogens is 244 g/mol. The lowest BCUT2D eigenvalue weighted by Gasteiger charge is -2.22. The van der Waals surface area contributed by atoms with Crippen LogP contribution in [0.4, 0.5) is 5.82 Å². The standard InChI is InChI=1S/C14H16N2O3/c1-2-14(13(17)18)7-8-16(9-14)12-10-5-3-4-6-11(10)19-15-12/h3-6H,2,7-9H2,1H3,(H,17,18). The summed E-state index contributed by atoms with van der Waals surface area (Å²) in [5, 5.41) is 14.5. The summed E-state index contributed by atoms with van der Waals surface area (Å²) in [5.41, 5.74) is 0.0851. The topological polar surface area (TPSA) is 66.6 Å². The van der Waals surface area contributed by atoms with Crippen molar-refractivity contribution >= 4 is 22.8 Å². The van der Waals surface area contributed by atoms with Gasteiger partial charge in [-0.15, -0.1) is 0 Å². The smallest absolute Gasteiger partial charge is 0.311 e. The van der Waals surface area contributed by atoms with Crippen LogP contribution in [-0.4, -0.2) is 29.3 Å². The molecule has 0 bridgehead atoms. The van der Waals surface area contributed by atoms with Gasteiger partial charge >= 0.3 is 5.97 Å². The number of carbonyl (C=O) groups is 1. The number of fused-ring (bicyclic) bond motifs is 1. The lowest BCUT2D eigenvalue weighted by atomic mass is 9.84. The van der Waals surface area contributed by atoms with Crippen molar-refractivity contribution in [2.24, 2.45) is 5.41 Å². The fourth-order valence-electron chi connectivity index (χ4n) is 2.77. The molecular formula is C14H16N2O3. The zero-order chi connectivity index (χ0) is 13.5. The fourth-order valence-corrected chi connectivity index (χ4v) is 2.77. The molecule has 0 aliphatic carbocycles. The van der Waals surface area contributed by atoms with Crippen LogP contribution in [0, 0.1) is 5.41 Å². The molecule has 1 aliphatic heterocycles. The molecule has 2 aromatic rings. The lowest BCUT2D eigenvalue weighted by molar-refractivity contribution is -0.147. The first kappa shape index (κ1) is 12.0. The van der Waals surface area contributed by atoms with Crippen LogP contribution in [0.1, 0.15) is 19.8 Å². The molecule has 0 radical (unpaired) electrons. The second kappa shape index (κ2) is 4.26. The number of aliphatic carboxylic acids is 1. The Kier molecular flexibility index (Phi) is 2.69. The van der Waals surface area contributed by atoms with Gasteiger partial charge in [0.15, 0.2) is 11.4 Å². The summed E-state index contributed by atoms with van der Waals surface area (Å²) in [5.74, 6) is 0.0393. The van der Waals surface area contributed by atoms with Crippen LogP contribution in [-0.2, 0) is 4.79 Å². The van der Waals surface area contributed by atoms with Crippen LogP contribution in [0.5, 0.6) is 0 Å². The van der Waals surface area contributed by atoms with Crippen molar-refractivity contribution in [2.45, 2.75) is 19.8 Å². The first-order valence-electron chi connectivity index (χ1n) is 6.49. The van der Waals surface area contributed by atoms with Crippen LogP contribution in [0.15, 0.2) is 28.8 Å². The predicted molar refractivity (Wildman–Crippen MR) is 71.2 cm³/mol. The summed E-state index contributed by atoms with van der Waals surface area (Å²) >= 11 is 0. The Morgan fingerprint density at radius 1 is 1.53 bits per heavy atom. The number of rotatable bonds is 3. The molecule has 2 heterocycles. The van der Waals surface area contributed by atoms with E-state index in [-0.39, 0.29) is 0 Å². The Labute approximate surface area is 110 Å². The van der Waals surface area contributed by atoms with E-state index in [4.69, 9.17) is 4.52 Å². The molecule has 1 aromatic carbocycles. The van der Waals surface area contributed by atoms with Crippen molar-refractivity contribution in [3.8, 4) is 0 Å². The Morgan fingerprint density at radius 2 is 2.32 bits per heavy atom. The van der Waals surface area contributed by atoms with E-state index < -0.39 is 11.4 Å². The molecule has 1 unspecified atom stereocenters. The number of benzene rings is 1. The van der Waals surface area contributed by atoms with Gasteiger partial charge in [-0.05, 0) is 25.0 Å². The van der Waals surface area contributed by atoms with Gasteiger partial charge in [0.2, 0.25) is 0 Å². The van der Waals surface area contributed by atoms with Gasteiger partial charge in [0.1, 0.15) is 0 Å². The van der Waals surface area contributed by atoms with E-state index in [0.29, 0.717) is 25.9 Å². The van der Waals surface area contributed by atoms with Gasteiger partial charge in [0.05, 0.1) is 10.8 Å². The molecule has 3 rings (SSSR count). The summed E-state index contributed by atoms with van der Waals surface area (Å²) in [6.45, 7) is 3.13. The highest BCUT2D eigenvalue weighted by Gasteiger charge is 2.44. The fraction of sp³-hybridized carbons (Fsp3) is 0.429. The second-order valence-corrected chi connectivity index (χ2v) is 5.11. The predicted octanol–water partition coefficient (Wildman–Crippen LogP) is 2.52. The number of anilines is 1. The number of carboxylic acid groups (broad SMARTS) is 1. The van der Waals surface area contributed by atoms with Crippen LogP contribution >= 0.6 is 0 Å².